The molecule has 1 aromatic rings. The highest BCUT2D eigenvalue weighted by atomic mass is 16.3. The zero-order chi connectivity index (χ0) is 12.9. The molecule has 4 nitrogen and oxygen atoms in total. The Hall–Kier alpha value is -1.55. The van der Waals surface area contributed by atoms with Gasteiger partial charge < -0.3 is 16.2 Å². The lowest BCUT2D eigenvalue weighted by atomic mass is 9.89. The number of benzene rings is 1. The van der Waals surface area contributed by atoms with Crippen LogP contribution in [0.15, 0.2) is 35.3 Å². The Morgan fingerprint density at radius 3 is 2.47 bits per heavy atom. The van der Waals surface area contributed by atoms with Crippen LogP contribution in [0.1, 0.15) is 20.8 Å². The van der Waals surface area contributed by atoms with Gasteiger partial charge in [-0.15, -0.1) is 0 Å². The summed E-state index contributed by atoms with van der Waals surface area (Å²) in [5.74, 6) is 0.319. The van der Waals surface area contributed by atoms with Gasteiger partial charge in [-0.2, -0.15) is 0 Å². The van der Waals surface area contributed by atoms with Gasteiger partial charge in [0.15, 0.2) is 5.96 Å². The Labute approximate surface area is 103 Å². The molecule has 0 aromatic heterocycles. The first-order chi connectivity index (χ1) is 7.89. The van der Waals surface area contributed by atoms with Crippen LogP contribution in [0.5, 0.6) is 0 Å². The molecular weight excluding hydrogens is 214 g/mol. The van der Waals surface area contributed by atoms with Gasteiger partial charge in [0.25, 0.3) is 0 Å². The summed E-state index contributed by atoms with van der Waals surface area (Å²) in [6.45, 7) is 6.20. The number of anilines is 1. The summed E-state index contributed by atoms with van der Waals surface area (Å²) < 4.78 is 0. The zero-order valence-corrected chi connectivity index (χ0v) is 10.6. The first-order valence-electron chi connectivity index (χ1n) is 5.69. The first-order valence-corrected chi connectivity index (χ1v) is 5.69. The second kappa shape index (κ2) is 5.68. The summed E-state index contributed by atoms with van der Waals surface area (Å²) in [7, 11) is 0. The van der Waals surface area contributed by atoms with Gasteiger partial charge in [-0.05, 0) is 17.5 Å². The van der Waals surface area contributed by atoms with Crippen molar-refractivity contribution in [2.75, 3.05) is 11.9 Å². The maximum Gasteiger partial charge on any atom is 0.193 e. The molecule has 1 unspecified atom stereocenters. The number of hydrogen-bond acceptors (Lipinski definition) is 2. The molecule has 0 aliphatic carbocycles. The van der Waals surface area contributed by atoms with Crippen LogP contribution in [-0.2, 0) is 0 Å². The van der Waals surface area contributed by atoms with E-state index < -0.39 is 6.10 Å². The van der Waals surface area contributed by atoms with Crippen molar-refractivity contribution < 1.29 is 5.11 Å². The van der Waals surface area contributed by atoms with Crippen molar-refractivity contribution in [1.82, 2.24) is 0 Å². The molecule has 0 saturated heterocycles. The Morgan fingerprint density at radius 1 is 1.35 bits per heavy atom. The second-order valence-corrected chi connectivity index (χ2v) is 5.10. The number of nitrogens with one attached hydrogen (secondary N) is 1. The average Bonchev–Trinajstić information content (AvgIpc) is 2.26. The summed E-state index contributed by atoms with van der Waals surface area (Å²) in [5.41, 5.74) is 6.43. The van der Waals surface area contributed by atoms with Crippen molar-refractivity contribution in [3.8, 4) is 0 Å². The summed E-state index contributed by atoms with van der Waals surface area (Å²) in [6.07, 6.45) is -0.501. The van der Waals surface area contributed by atoms with E-state index in [4.69, 9.17) is 5.73 Å². The van der Waals surface area contributed by atoms with E-state index >= 15 is 0 Å². The van der Waals surface area contributed by atoms with E-state index in [1.165, 1.54) is 0 Å². The number of rotatable bonds is 3. The Morgan fingerprint density at radius 2 is 1.94 bits per heavy atom. The van der Waals surface area contributed by atoms with Crippen molar-refractivity contribution in [3.05, 3.63) is 30.3 Å². The Bertz CT molecular complexity index is 368. The number of guanidine groups is 1. The largest absolute Gasteiger partial charge is 0.391 e. The highest BCUT2D eigenvalue weighted by Gasteiger charge is 2.21. The van der Waals surface area contributed by atoms with Gasteiger partial charge in [0.1, 0.15) is 0 Å². The van der Waals surface area contributed by atoms with Crippen molar-refractivity contribution in [3.63, 3.8) is 0 Å². The van der Waals surface area contributed by atoms with Crippen LogP contribution in [0.3, 0.4) is 0 Å². The molecule has 0 spiro atoms. The standard InChI is InChI=1S/C13H21N3O/c1-13(2,3)11(17)9-15-12(14)16-10-7-5-4-6-8-10/h4-8,11,17H,9H2,1-3H3,(H3,14,15,16). The third-order valence-corrected chi connectivity index (χ3v) is 2.48. The number of aliphatic hydroxyl groups is 1. The molecule has 0 fully saturated rings. The van der Waals surface area contributed by atoms with Gasteiger partial charge in [-0.1, -0.05) is 39.0 Å². The van der Waals surface area contributed by atoms with Crippen molar-refractivity contribution in [2.45, 2.75) is 26.9 Å². The minimum atomic E-state index is -0.501. The monoisotopic (exact) mass is 235 g/mol. The molecule has 1 atom stereocenters. The van der Waals surface area contributed by atoms with Crippen LogP contribution < -0.4 is 11.1 Å². The molecule has 0 aliphatic rings. The third kappa shape index (κ3) is 4.87. The quantitative estimate of drug-likeness (QED) is 0.553. The van der Waals surface area contributed by atoms with Crippen molar-refractivity contribution in [1.29, 1.82) is 0 Å². The summed E-state index contributed by atoms with van der Waals surface area (Å²) in [4.78, 5) is 4.12. The molecule has 1 rings (SSSR count). The molecular formula is C13H21N3O. The Kier molecular flexibility index (Phi) is 4.52. The lowest BCUT2D eigenvalue weighted by Crippen LogP contribution is -2.31. The summed E-state index contributed by atoms with van der Waals surface area (Å²) >= 11 is 0. The van der Waals surface area contributed by atoms with Gasteiger partial charge in [0, 0.05) is 5.69 Å². The number of aliphatic hydroxyl groups excluding tert-OH is 1. The minimum Gasteiger partial charge on any atom is -0.391 e. The number of nitrogens with two attached hydrogens (primary N) is 1. The van der Waals surface area contributed by atoms with Crippen LogP contribution in [0.25, 0.3) is 0 Å². The van der Waals surface area contributed by atoms with Crippen LogP contribution >= 0.6 is 0 Å². The van der Waals surface area contributed by atoms with E-state index in [1.807, 2.05) is 51.1 Å². The predicted octanol–water partition coefficient (Wildman–Crippen LogP) is 1.82. The normalized spacial score (nSPS) is 14.5. The van der Waals surface area contributed by atoms with E-state index in [0.29, 0.717) is 12.5 Å². The summed E-state index contributed by atoms with van der Waals surface area (Å²) in [6, 6.07) is 9.58. The maximum atomic E-state index is 9.81. The number of aliphatic imine (C=N–C) groups is 1. The third-order valence-electron chi connectivity index (χ3n) is 2.48. The molecule has 0 aliphatic heterocycles. The van der Waals surface area contributed by atoms with Gasteiger partial charge in [-0.3, -0.25) is 4.99 Å². The topological polar surface area (TPSA) is 70.6 Å². The smallest absolute Gasteiger partial charge is 0.193 e. The van der Waals surface area contributed by atoms with Gasteiger partial charge in [0.05, 0.1) is 12.6 Å². The Balaban J connectivity index is 2.51. The van der Waals surface area contributed by atoms with E-state index in [9.17, 15) is 5.11 Å². The van der Waals surface area contributed by atoms with E-state index in [0.717, 1.165) is 5.69 Å². The van der Waals surface area contributed by atoms with Crippen LogP contribution in [0, 0.1) is 5.41 Å². The molecule has 0 saturated carbocycles. The average molecular weight is 235 g/mol. The molecule has 94 valence electrons. The fourth-order valence-corrected chi connectivity index (χ4v) is 1.17. The predicted molar refractivity (Wildman–Crippen MR) is 72.0 cm³/mol. The number of hydrogen-bond donors (Lipinski definition) is 3. The van der Waals surface area contributed by atoms with E-state index in [1.54, 1.807) is 0 Å². The van der Waals surface area contributed by atoms with Crippen LogP contribution in [0.4, 0.5) is 5.69 Å². The molecule has 0 amide bonds. The molecule has 0 heterocycles. The maximum absolute atomic E-state index is 9.81. The van der Waals surface area contributed by atoms with Crippen LogP contribution in [0.2, 0.25) is 0 Å². The number of nitrogens with zero attached hydrogens (tertiary/aromatic N) is 1. The molecule has 4 N–H and O–H groups in total. The van der Waals surface area contributed by atoms with Gasteiger partial charge in [0.2, 0.25) is 0 Å². The molecule has 0 bridgehead atoms. The van der Waals surface area contributed by atoms with Gasteiger partial charge in [-0.25, -0.2) is 0 Å². The van der Waals surface area contributed by atoms with E-state index in [-0.39, 0.29) is 5.41 Å². The second-order valence-electron chi connectivity index (χ2n) is 5.10. The lowest BCUT2D eigenvalue weighted by Gasteiger charge is -2.24. The molecule has 17 heavy (non-hydrogen) atoms. The van der Waals surface area contributed by atoms with Gasteiger partial charge >= 0.3 is 0 Å². The zero-order valence-electron chi connectivity index (χ0n) is 10.6. The SMILES string of the molecule is CC(C)(C)C(O)CN=C(N)Nc1ccccc1. The molecule has 4 heteroatoms. The highest BCUT2D eigenvalue weighted by molar-refractivity contribution is 5.92. The lowest BCUT2D eigenvalue weighted by molar-refractivity contribution is 0.0713. The van der Waals surface area contributed by atoms with E-state index in [2.05, 4.69) is 10.3 Å². The summed E-state index contributed by atoms with van der Waals surface area (Å²) in [5, 5.41) is 12.8. The number of para-hydroxylation sites is 1. The van der Waals surface area contributed by atoms with Crippen molar-refractivity contribution >= 4 is 11.6 Å². The first kappa shape index (κ1) is 13.5. The van der Waals surface area contributed by atoms with Crippen LogP contribution in [-0.4, -0.2) is 23.7 Å². The highest BCUT2D eigenvalue weighted by Crippen LogP contribution is 2.18. The molecule has 0 radical (unpaired) electrons. The van der Waals surface area contributed by atoms with Crippen molar-refractivity contribution in [2.24, 2.45) is 16.1 Å². The fourth-order valence-electron chi connectivity index (χ4n) is 1.17. The fraction of sp³-hybridized carbons (Fsp3) is 0.462. The minimum absolute atomic E-state index is 0.184. The molecule has 1 aromatic carbocycles.